The lowest BCUT2D eigenvalue weighted by molar-refractivity contribution is -0.149. The number of nitrogens with zero attached hydrogens (tertiary/aromatic N) is 5. The van der Waals surface area contributed by atoms with Gasteiger partial charge in [0.2, 0.25) is 11.8 Å². The van der Waals surface area contributed by atoms with Gasteiger partial charge in [0.05, 0.1) is 18.3 Å². The summed E-state index contributed by atoms with van der Waals surface area (Å²) in [5.41, 5.74) is 1.48. The molecule has 3 aliphatic heterocycles. The Bertz CT molecular complexity index is 1490. The molecule has 5 rings (SSSR count). The maximum Gasteiger partial charge on any atom is 0.410 e. The summed E-state index contributed by atoms with van der Waals surface area (Å²) in [6.07, 6.45) is 1.35. The summed E-state index contributed by atoms with van der Waals surface area (Å²) in [6.45, 7) is 15.4. The fraction of sp³-hybridized carbons (Fsp3) is 0.588. The molecule has 0 spiro atoms. The molecule has 12 heteroatoms. The number of anilines is 1. The van der Waals surface area contributed by atoms with E-state index in [9.17, 15) is 23.2 Å². The number of ether oxygens (including phenoxy) is 2. The Morgan fingerprint density at radius 1 is 1.11 bits per heavy atom. The van der Waals surface area contributed by atoms with Crippen LogP contribution >= 0.6 is 0 Å². The summed E-state index contributed by atoms with van der Waals surface area (Å²) in [7, 11) is 0. The summed E-state index contributed by atoms with van der Waals surface area (Å²) in [5.74, 6) is -1.54. The summed E-state index contributed by atoms with van der Waals surface area (Å²) >= 11 is 0. The highest BCUT2D eigenvalue weighted by Crippen LogP contribution is 2.41. The molecule has 46 heavy (non-hydrogen) atoms. The number of amides is 3. The summed E-state index contributed by atoms with van der Waals surface area (Å²) < 4.78 is 39.1. The number of aromatic nitrogens is 1. The van der Waals surface area contributed by atoms with Crippen LogP contribution < -0.4 is 4.90 Å². The Morgan fingerprint density at radius 3 is 2.54 bits per heavy atom. The van der Waals surface area contributed by atoms with Crippen molar-refractivity contribution in [2.45, 2.75) is 84.1 Å². The van der Waals surface area contributed by atoms with Crippen molar-refractivity contribution in [3.63, 3.8) is 0 Å². The van der Waals surface area contributed by atoms with Gasteiger partial charge in [-0.2, -0.15) is 0 Å². The van der Waals surface area contributed by atoms with E-state index < -0.39 is 23.3 Å². The Morgan fingerprint density at radius 2 is 1.85 bits per heavy atom. The monoisotopic (exact) mass is 641 g/mol. The van der Waals surface area contributed by atoms with Gasteiger partial charge in [0.25, 0.3) is 0 Å². The van der Waals surface area contributed by atoms with Crippen molar-refractivity contribution in [2.75, 3.05) is 50.8 Å². The van der Waals surface area contributed by atoms with Gasteiger partial charge in [-0.05, 0) is 52.3 Å². The number of pyridine rings is 1. The molecular formula is C34H45F2N5O5. The van der Waals surface area contributed by atoms with Gasteiger partial charge in [0.1, 0.15) is 23.8 Å². The molecule has 3 amide bonds. The van der Waals surface area contributed by atoms with Crippen molar-refractivity contribution in [3.05, 3.63) is 58.9 Å². The lowest BCUT2D eigenvalue weighted by Crippen LogP contribution is -2.64. The zero-order valence-electron chi connectivity index (χ0n) is 27.8. The quantitative estimate of drug-likeness (QED) is 0.468. The number of carbonyl (C=O) groups is 3. The maximum absolute atomic E-state index is 14.4. The van der Waals surface area contributed by atoms with Crippen molar-refractivity contribution in [1.82, 2.24) is 19.7 Å². The molecule has 0 bridgehead atoms. The number of benzene rings is 1. The molecule has 4 heterocycles. The average molecular weight is 642 g/mol. The minimum Gasteiger partial charge on any atom is -0.444 e. The van der Waals surface area contributed by atoms with Crippen molar-refractivity contribution < 1.29 is 32.6 Å². The second-order valence-corrected chi connectivity index (χ2v) is 14.5. The lowest BCUT2D eigenvalue weighted by Gasteiger charge is -2.47. The average Bonchev–Trinajstić information content (AvgIpc) is 3.22. The smallest absolute Gasteiger partial charge is 0.410 e. The second-order valence-electron chi connectivity index (χ2n) is 14.5. The molecule has 0 saturated carbocycles. The number of fused-ring (bicyclic) bond motifs is 1. The molecule has 0 N–H and O–H groups in total. The first-order chi connectivity index (χ1) is 21.5. The largest absolute Gasteiger partial charge is 0.444 e. The highest BCUT2D eigenvalue weighted by atomic mass is 19.1. The number of rotatable bonds is 6. The summed E-state index contributed by atoms with van der Waals surface area (Å²) in [6, 6.07) is 4.75. The van der Waals surface area contributed by atoms with Gasteiger partial charge < -0.3 is 24.2 Å². The first kappa shape index (κ1) is 33.7. The van der Waals surface area contributed by atoms with E-state index >= 15 is 0 Å². The molecule has 2 aromatic rings. The van der Waals surface area contributed by atoms with E-state index in [2.05, 4.69) is 23.7 Å². The van der Waals surface area contributed by atoms with Crippen molar-refractivity contribution >= 4 is 23.6 Å². The van der Waals surface area contributed by atoms with Crippen LogP contribution in [0.15, 0.2) is 30.5 Å². The highest BCUT2D eigenvalue weighted by molar-refractivity contribution is 5.97. The summed E-state index contributed by atoms with van der Waals surface area (Å²) in [5, 5.41) is 0. The fourth-order valence-corrected chi connectivity index (χ4v) is 6.49. The standard InChI is InChI=1S/C34H45F2N5O5/c1-21-14-38(26(16-39-15-22(2)45-19-31(39)43)17-40(21)32(44)46-33(3,4)5)18-30(42)41-20-34(6,7)27-13-37-25(12-29(27)41)10-23-8-9-24(35)11-28(23)36/h8-9,11-13,21-22,26H,10,14-20H2,1-7H3/t21-,22-,26+/m1/s1. The molecule has 0 aliphatic carbocycles. The molecule has 0 unspecified atom stereocenters. The summed E-state index contributed by atoms with van der Waals surface area (Å²) in [4.78, 5) is 51.9. The number of hydrogen-bond donors (Lipinski definition) is 0. The van der Waals surface area contributed by atoms with Gasteiger partial charge in [-0.3, -0.25) is 19.5 Å². The van der Waals surface area contributed by atoms with Gasteiger partial charge in [-0.15, -0.1) is 0 Å². The molecule has 1 aromatic heterocycles. The zero-order valence-corrected chi connectivity index (χ0v) is 27.8. The zero-order chi connectivity index (χ0) is 33.6. The molecule has 1 aromatic carbocycles. The van der Waals surface area contributed by atoms with E-state index in [4.69, 9.17) is 9.47 Å². The normalized spacial score (nSPS) is 23.5. The van der Waals surface area contributed by atoms with Crippen LogP contribution in [0.4, 0.5) is 19.3 Å². The molecular weight excluding hydrogens is 596 g/mol. The van der Waals surface area contributed by atoms with Gasteiger partial charge in [0, 0.05) is 80.2 Å². The Balaban J connectivity index is 1.38. The Labute approximate surface area is 269 Å². The molecule has 2 fully saturated rings. The lowest BCUT2D eigenvalue weighted by atomic mass is 9.88. The van der Waals surface area contributed by atoms with E-state index in [-0.39, 0.29) is 55.0 Å². The first-order valence-electron chi connectivity index (χ1n) is 15.9. The van der Waals surface area contributed by atoms with Crippen LogP contribution in [0.5, 0.6) is 0 Å². The fourth-order valence-electron chi connectivity index (χ4n) is 6.49. The molecule has 3 atom stereocenters. The SMILES string of the molecule is C[C@@H]1CN(C[C@H]2CN(C(=O)OC(C)(C)C)[C@H](C)CN2CC(=O)N2CC(C)(C)c3cnc(Cc4ccc(F)cc4F)cc32)C(=O)CO1. The van der Waals surface area contributed by atoms with Gasteiger partial charge in [-0.1, -0.05) is 19.9 Å². The van der Waals surface area contributed by atoms with Gasteiger partial charge in [-0.25, -0.2) is 13.6 Å². The first-order valence-corrected chi connectivity index (χ1v) is 15.9. The van der Waals surface area contributed by atoms with Crippen LogP contribution in [0.2, 0.25) is 0 Å². The number of halogens is 2. The van der Waals surface area contributed by atoms with Gasteiger partial charge in [0.15, 0.2) is 0 Å². The minimum atomic E-state index is -0.666. The molecule has 2 saturated heterocycles. The minimum absolute atomic E-state index is 0.00314. The van der Waals surface area contributed by atoms with E-state index in [1.165, 1.54) is 12.1 Å². The van der Waals surface area contributed by atoms with E-state index in [0.29, 0.717) is 44.0 Å². The maximum atomic E-state index is 14.4. The van der Waals surface area contributed by atoms with E-state index in [1.54, 1.807) is 20.9 Å². The van der Waals surface area contributed by atoms with Crippen LogP contribution in [0.3, 0.4) is 0 Å². The van der Waals surface area contributed by atoms with Crippen molar-refractivity contribution in [2.24, 2.45) is 0 Å². The number of piperazine rings is 1. The number of morpholine rings is 1. The molecule has 250 valence electrons. The predicted molar refractivity (Wildman–Crippen MR) is 169 cm³/mol. The predicted octanol–water partition coefficient (Wildman–Crippen LogP) is 4.13. The third kappa shape index (κ3) is 7.49. The second kappa shape index (κ2) is 12.9. The van der Waals surface area contributed by atoms with E-state index in [0.717, 1.165) is 17.3 Å². The topological polar surface area (TPSA) is 95.5 Å². The van der Waals surface area contributed by atoms with Crippen LogP contribution in [0, 0.1) is 11.6 Å². The Hall–Kier alpha value is -3.64. The van der Waals surface area contributed by atoms with Crippen LogP contribution in [-0.4, -0.2) is 107 Å². The van der Waals surface area contributed by atoms with Gasteiger partial charge >= 0.3 is 6.09 Å². The number of hydrogen-bond acceptors (Lipinski definition) is 7. The van der Waals surface area contributed by atoms with Crippen LogP contribution in [0.25, 0.3) is 0 Å². The van der Waals surface area contributed by atoms with Crippen LogP contribution in [0.1, 0.15) is 65.3 Å². The third-order valence-electron chi connectivity index (χ3n) is 8.87. The third-order valence-corrected chi connectivity index (χ3v) is 8.87. The van der Waals surface area contributed by atoms with Crippen LogP contribution in [-0.2, 0) is 30.9 Å². The molecule has 10 nitrogen and oxygen atoms in total. The highest BCUT2D eigenvalue weighted by Gasteiger charge is 2.42. The van der Waals surface area contributed by atoms with E-state index in [1.807, 2.05) is 40.7 Å². The molecule has 3 aliphatic rings. The Kier molecular flexibility index (Phi) is 9.43. The number of carbonyl (C=O) groups excluding carboxylic acids is 3. The van der Waals surface area contributed by atoms with Crippen molar-refractivity contribution in [3.8, 4) is 0 Å². The van der Waals surface area contributed by atoms with Crippen molar-refractivity contribution in [1.29, 1.82) is 0 Å². The molecule has 0 radical (unpaired) electrons.